The predicted octanol–water partition coefficient (Wildman–Crippen LogP) is 5.71. The lowest BCUT2D eigenvalue weighted by molar-refractivity contribution is -0.128. The number of piperidine rings is 1. The third-order valence-electron chi connectivity index (χ3n) is 7.25. The van der Waals surface area contributed by atoms with E-state index < -0.39 is 34.7 Å². The number of likely N-dealkylation sites (tertiary alicyclic amines) is 1. The summed E-state index contributed by atoms with van der Waals surface area (Å²) >= 11 is 0. The maximum Gasteiger partial charge on any atom is 0.264 e. The fourth-order valence-electron chi connectivity index (χ4n) is 5.29. The number of nitrogens with two attached hydrogens (primary N) is 1. The van der Waals surface area contributed by atoms with Crippen molar-refractivity contribution in [3.05, 3.63) is 71.8 Å². The molecule has 0 saturated carbocycles. The Morgan fingerprint density at radius 3 is 2.73 bits per heavy atom. The van der Waals surface area contributed by atoms with Crippen LogP contribution in [0.2, 0.25) is 0 Å². The van der Waals surface area contributed by atoms with Gasteiger partial charge in [0.25, 0.3) is 5.91 Å². The van der Waals surface area contributed by atoms with Crippen molar-refractivity contribution in [2.75, 3.05) is 25.4 Å². The van der Waals surface area contributed by atoms with Crippen molar-refractivity contribution in [3.8, 4) is 28.8 Å². The molecule has 2 N–H and O–H groups in total. The van der Waals surface area contributed by atoms with Crippen LogP contribution in [0.1, 0.15) is 39.7 Å². The molecule has 13 heteroatoms. The molecule has 0 unspecified atom stereocenters. The third-order valence-corrected chi connectivity index (χ3v) is 7.25. The van der Waals surface area contributed by atoms with Gasteiger partial charge in [-0.15, -0.1) is 0 Å². The van der Waals surface area contributed by atoms with Crippen molar-refractivity contribution >= 4 is 22.8 Å². The number of nitrogen functional groups attached to an aromatic ring is 1. The summed E-state index contributed by atoms with van der Waals surface area (Å²) in [6.07, 6.45) is 4.06. The summed E-state index contributed by atoms with van der Waals surface area (Å²) < 4.78 is 55.9. The number of anilines is 1. The van der Waals surface area contributed by atoms with Gasteiger partial charge >= 0.3 is 0 Å². The average molecular weight is 606 g/mol. The van der Waals surface area contributed by atoms with Crippen molar-refractivity contribution in [2.45, 2.75) is 45.3 Å². The van der Waals surface area contributed by atoms with Crippen LogP contribution in [0.15, 0.2) is 54.4 Å². The molecule has 1 amide bonds. The van der Waals surface area contributed by atoms with Crippen LogP contribution >= 0.6 is 0 Å². The van der Waals surface area contributed by atoms with Crippen LogP contribution < -0.4 is 10.5 Å². The minimum atomic E-state index is -1.19. The smallest absolute Gasteiger partial charge is 0.264 e. The molecule has 3 heterocycles. The average Bonchev–Trinajstić information content (AvgIpc) is 3.39. The summed E-state index contributed by atoms with van der Waals surface area (Å²) in [6.45, 7) is 6.47. The molecule has 1 aliphatic rings. The van der Waals surface area contributed by atoms with Gasteiger partial charge in [-0.05, 0) is 64.0 Å². The highest BCUT2D eigenvalue weighted by atomic mass is 19.2. The van der Waals surface area contributed by atoms with Gasteiger partial charge in [0.15, 0.2) is 17.2 Å². The van der Waals surface area contributed by atoms with Crippen molar-refractivity contribution in [1.29, 1.82) is 5.26 Å². The molecule has 1 saturated heterocycles. The van der Waals surface area contributed by atoms with Gasteiger partial charge in [-0.25, -0.2) is 23.4 Å². The van der Waals surface area contributed by atoms with E-state index in [1.165, 1.54) is 36.7 Å². The first-order chi connectivity index (χ1) is 21.0. The highest BCUT2D eigenvalue weighted by Gasteiger charge is 2.31. The number of ether oxygens (including phenoxy) is 2. The number of hydrogen-bond donors (Lipinski definition) is 1. The molecule has 10 nitrogen and oxygen atoms in total. The Bertz CT molecular complexity index is 1800. The summed E-state index contributed by atoms with van der Waals surface area (Å²) in [5, 5.41) is 14.8. The SMILES string of the molecule is CCOC(C)(C)/C=C(/C#N)C(=O)N1CCC[C@@H](n2nc(-c3ccc(Oc4cccc(F)c4F)cc3F)c3c(N)ncnc32)C1. The minimum Gasteiger partial charge on any atom is -0.454 e. The maximum absolute atomic E-state index is 15.5. The summed E-state index contributed by atoms with van der Waals surface area (Å²) in [6, 6.07) is 8.91. The number of halogens is 3. The number of carbonyl (C=O) groups excluding carboxylic acids is 1. The van der Waals surface area contributed by atoms with Crippen LogP contribution in [0.5, 0.6) is 11.5 Å². The molecule has 228 valence electrons. The van der Waals surface area contributed by atoms with Gasteiger partial charge in [0, 0.05) is 31.3 Å². The Hall–Kier alpha value is -4.96. The molecule has 44 heavy (non-hydrogen) atoms. The number of nitrogens with zero attached hydrogens (tertiary/aromatic N) is 6. The Morgan fingerprint density at radius 1 is 1.20 bits per heavy atom. The van der Waals surface area contributed by atoms with Crippen LogP contribution in [-0.4, -0.2) is 55.9 Å². The van der Waals surface area contributed by atoms with E-state index in [-0.39, 0.29) is 41.0 Å². The first-order valence-electron chi connectivity index (χ1n) is 14.0. The van der Waals surface area contributed by atoms with Crippen molar-refractivity contribution in [2.24, 2.45) is 0 Å². The molecule has 1 fully saturated rings. The summed E-state index contributed by atoms with van der Waals surface area (Å²) in [5.74, 6) is -3.83. The number of fused-ring (bicyclic) bond motifs is 1. The zero-order valence-electron chi connectivity index (χ0n) is 24.4. The molecule has 0 spiro atoms. The van der Waals surface area contributed by atoms with Gasteiger partial charge in [-0.2, -0.15) is 14.8 Å². The van der Waals surface area contributed by atoms with Crippen molar-refractivity contribution in [3.63, 3.8) is 0 Å². The highest BCUT2D eigenvalue weighted by molar-refractivity contribution is 5.99. The molecule has 1 aliphatic heterocycles. The zero-order chi connectivity index (χ0) is 31.6. The van der Waals surface area contributed by atoms with E-state index in [4.69, 9.17) is 20.3 Å². The second-order valence-electron chi connectivity index (χ2n) is 10.8. The van der Waals surface area contributed by atoms with Gasteiger partial charge in [0.1, 0.15) is 41.0 Å². The summed E-state index contributed by atoms with van der Waals surface area (Å²) in [4.78, 5) is 23.4. The molecule has 5 rings (SSSR count). The van der Waals surface area contributed by atoms with Crippen LogP contribution in [0.25, 0.3) is 22.3 Å². The zero-order valence-corrected chi connectivity index (χ0v) is 24.4. The van der Waals surface area contributed by atoms with Gasteiger partial charge < -0.3 is 20.1 Å². The molecule has 4 aromatic rings. The van der Waals surface area contributed by atoms with E-state index >= 15 is 4.39 Å². The Balaban J connectivity index is 1.47. The molecule has 0 bridgehead atoms. The number of aromatic nitrogens is 4. The van der Waals surface area contributed by atoms with Gasteiger partial charge in [-0.3, -0.25) is 4.79 Å². The van der Waals surface area contributed by atoms with Crippen LogP contribution in [0.4, 0.5) is 19.0 Å². The summed E-state index contributed by atoms with van der Waals surface area (Å²) in [7, 11) is 0. The molecule has 2 aromatic carbocycles. The number of nitriles is 1. The molecule has 0 radical (unpaired) electrons. The Morgan fingerprint density at radius 2 is 2.00 bits per heavy atom. The first-order valence-corrected chi connectivity index (χ1v) is 14.0. The second-order valence-corrected chi connectivity index (χ2v) is 10.8. The van der Waals surface area contributed by atoms with Crippen LogP contribution in [0, 0.1) is 28.8 Å². The number of carbonyl (C=O) groups is 1. The lowest BCUT2D eigenvalue weighted by Gasteiger charge is -2.33. The lowest BCUT2D eigenvalue weighted by atomic mass is 10.0. The number of amides is 1. The van der Waals surface area contributed by atoms with Crippen molar-refractivity contribution < 1.29 is 27.4 Å². The molecule has 1 atom stereocenters. The fourth-order valence-corrected chi connectivity index (χ4v) is 5.29. The monoisotopic (exact) mass is 605 g/mol. The normalized spacial score (nSPS) is 15.8. The predicted molar refractivity (Wildman–Crippen MR) is 156 cm³/mol. The number of rotatable bonds is 8. The molecular formula is C31H30F3N7O3. The molecule has 2 aromatic heterocycles. The third kappa shape index (κ3) is 6.07. The second kappa shape index (κ2) is 12.3. The Labute approximate surface area is 251 Å². The van der Waals surface area contributed by atoms with E-state index in [0.717, 1.165) is 12.1 Å². The molecule has 0 aliphatic carbocycles. The topological polar surface area (TPSA) is 132 Å². The first kappa shape index (κ1) is 30.5. The number of benzene rings is 2. The standard InChI is InChI=1S/C31H30F3N7O3/c1-4-43-31(2,3)14-18(15-35)30(42)40-12-6-7-19(16-40)41-29-25(28(36)37-17-38-29)27(39-41)21-11-10-20(13-23(21)33)44-24-9-5-8-22(32)26(24)34/h5,8-11,13-14,17,19H,4,6-7,12,16H2,1-3H3,(H2,36,37,38)/b18-14-/t19-/m1/s1. The van der Waals surface area contributed by atoms with Crippen LogP contribution in [0.3, 0.4) is 0 Å². The fraction of sp³-hybridized carbons (Fsp3) is 0.323. The van der Waals surface area contributed by atoms with Crippen LogP contribution in [-0.2, 0) is 9.53 Å². The van der Waals surface area contributed by atoms with Gasteiger partial charge in [0.2, 0.25) is 5.82 Å². The van der Waals surface area contributed by atoms with Gasteiger partial charge in [-0.1, -0.05) is 6.07 Å². The van der Waals surface area contributed by atoms with E-state index in [1.807, 2.05) is 13.0 Å². The lowest BCUT2D eigenvalue weighted by Crippen LogP contribution is -2.42. The number of hydrogen-bond acceptors (Lipinski definition) is 8. The van der Waals surface area contributed by atoms with E-state index in [9.17, 15) is 18.8 Å². The maximum atomic E-state index is 15.5. The molecular weight excluding hydrogens is 575 g/mol. The highest BCUT2D eigenvalue weighted by Crippen LogP contribution is 2.37. The largest absolute Gasteiger partial charge is 0.454 e. The van der Waals surface area contributed by atoms with E-state index in [0.29, 0.717) is 37.0 Å². The van der Waals surface area contributed by atoms with E-state index in [1.54, 1.807) is 23.4 Å². The summed E-state index contributed by atoms with van der Waals surface area (Å²) in [5.41, 5.74) is 5.96. The van der Waals surface area contributed by atoms with Gasteiger partial charge in [0.05, 0.1) is 17.0 Å². The minimum absolute atomic E-state index is 0.0239. The van der Waals surface area contributed by atoms with E-state index in [2.05, 4.69) is 9.97 Å². The van der Waals surface area contributed by atoms with Crippen molar-refractivity contribution in [1.82, 2.24) is 24.6 Å². The quantitative estimate of drug-likeness (QED) is 0.199. The Kier molecular flexibility index (Phi) is 8.55.